The molecule has 0 unspecified atom stereocenters. The van der Waals surface area contributed by atoms with Gasteiger partial charge in [-0.3, -0.25) is 4.79 Å². The van der Waals surface area contributed by atoms with E-state index in [9.17, 15) is 4.79 Å². The van der Waals surface area contributed by atoms with Crippen molar-refractivity contribution in [2.75, 3.05) is 25.1 Å². The summed E-state index contributed by atoms with van der Waals surface area (Å²) in [4.78, 5) is 17.9. The molecule has 0 spiro atoms. The minimum Gasteiger partial charge on any atom is -0.381 e. The van der Waals surface area contributed by atoms with Gasteiger partial charge in [0.25, 0.3) is 5.91 Å². The molecule has 7 nitrogen and oxygen atoms in total. The van der Waals surface area contributed by atoms with Crippen LogP contribution in [0, 0.1) is 0 Å². The molecule has 2 aromatic heterocycles. The number of anilines is 2. The summed E-state index contributed by atoms with van der Waals surface area (Å²) in [5.74, 6) is -0.0943. The van der Waals surface area contributed by atoms with Crippen molar-refractivity contribution >= 4 is 39.4 Å². The van der Waals surface area contributed by atoms with Gasteiger partial charge in [0.1, 0.15) is 10.5 Å². The Morgan fingerprint density at radius 1 is 1.03 bits per heavy atom. The number of aromatic nitrogens is 3. The number of ether oxygens (including phenoxy) is 1. The summed E-state index contributed by atoms with van der Waals surface area (Å²) >= 11 is 3.09. The highest BCUT2D eigenvalue weighted by Gasteiger charge is 2.37. The maximum atomic E-state index is 12.9. The summed E-state index contributed by atoms with van der Waals surface area (Å²) in [7, 11) is 0. The smallest absolute Gasteiger partial charge is 0.251 e. The summed E-state index contributed by atoms with van der Waals surface area (Å²) in [6, 6.07) is 17.5. The van der Waals surface area contributed by atoms with E-state index >= 15 is 0 Å². The summed E-state index contributed by atoms with van der Waals surface area (Å²) < 4.78 is 5.63. The fourth-order valence-electron chi connectivity index (χ4n) is 3.89. The highest BCUT2D eigenvalue weighted by molar-refractivity contribution is 7.13. The van der Waals surface area contributed by atoms with Crippen LogP contribution in [0.3, 0.4) is 0 Å². The van der Waals surface area contributed by atoms with Crippen LogP contribution in [0.4, 0.5) is 10.8 Å². The molecule has 1 aliphatic heterocycles. The van der Waals surface area contributed by atoms with Crippen LogP contribution in [0.15, 0.2) is 65.5 Å². The minimum absolute atomic E-state index is 0.0943. The van der Waals surface area contributed by atoms with Gasteiger partial charge in [0.05, 0.1) is 5.69 Å². The maximum Gasteiger partial charge on any atom is 0.251 e. The molecule has 2 aromatic carbocycles. The van der Waals surface area contributed by atoms with E-state index in [1.54, 1.807) is 16.8 Å². The van der Waals surface area contributed by atoms with E-state index in [1.807, 2.05) is 42.5 Å². The van der Waals surface area contributed by atoms with Crippen LogP contribution in [0.25, 0.3) is 11.3 Å². The van der Waals surface area contributed by atoms with Crippen LogP contribution >= 0.6 is 22.7 Å². The van der Waals surface area contributed by atoms with E-state index in [2.05, 4.69) is 38.3 Å². The fourth-order valence-corrected chi connectivity index (χ4v) is 5.45. The number of nitrogens with one attached hydrogen (secondary N) is 2. The second-order valence-corrected chi connectivity index (χ2v) is 9.62. The Morgan fingerprint density at radius 3 is 2.55 bits per heavy atom. The van der Waals surface area contributed by atoms with Crippen molar-refractivity contribution in [3.63, 3.8) is 0 Å². The van der Waals surface area contributed by atoms with Gasteiger partial charge >= 0.3 is 0 Å². The molecule has 0 saturated carbocycles. The SMILES string of the molecule is O=C(NCC1(c2nc(-c3ccccc3)cs2)CCOCC1)c1ccc(Nc2nncs2)cc1. The van der Waals surface area contributed by atoms with E-state index < -0.39 is 0 Å². The largest absolute Gasteiger partial charge is 0.381 e. The molecule has 1 saturated heterocycles. The standard InChI is InChI=1S/C24H23N5O2S2/c30-21(18-6-8-19(9-7-18)27-23-29-26-16-33-23)25-15-24(10-12-31-13-11-24)22-28-20(14-32-22)17-4-2-1-3-5-17/h1-9,14,16H,10-13,15H2,(H,25,30)(H,27,29). The lowest BCUT2D eigenvalue weighted by molar-refractivity contribution is 0.0486. The lowest BCUT2D eigenvalue weighted by atomic mass is 9.80. The van der Waals surface area contributed by atoms with Crippen molar-refractivity contribution in [3.05, 3.63) is 76.1 Å². The summed E-state index contributed by atoms with van der Waals surface area (Å²) in [5, 5.41) is 18.0. The Balaban J connectivity index is 1.28. The number of hydrogen-bond donors (Lipinski definition) is 2. The second-order valence-electron chi connectivity index (χ2n) is 7.93. The number of hydrogen-bond acceptors (Lipinski definition) is 8. The highest BCUT2D eigenvalue weighted by Crippen LogP contribution is 2.38. The minimum atomic E-state index is -0.217. The topological polar surface area (TPSA) is 89.0 Å². The lowest BCUT2D eigenvalue weighted by Crippen LogP contribution is -2.44. The second kappa shape index (κ2) is 9.78. The van der Waals surface area contributed by atoms with Gasteiger partial charge in [0.15, 0.2) is 0 Å². The monoisotopic (exact) mass is 477 g/mol. The van der Waals surface area contributed by atoms with Crippen molar-refractivity contribution in [1.29, 1.82) is 0 Å². The zero-order valence-electron chi connectivity index (χ0n) is 17.9. The Morgan fingerprint density at radius 2 is 1.82 bits per heavy atom. The predicted molar refractivity (Wildman–Crippen MR) is 131 cm³/mol. The van der Waals surface area contributed by atoms with Gasteiger partial charge in [-0.15, -0.1) is 21.5 Å². The van der Waals surface area contributed by atoms with Crippen molar-refractivity contribution in [2.45, 2.75) is 18.3 Å². The van der Waals surface area contributed by atoms with Gasteiger partial charge in [-0.05, 0) is 37.1 Å². The van der Waals surface area contributed by atoms with E-state index in [0.29, 0.717) is 30.5 Å². The van der Waals surface area contributed by atoms with E-state index in [1.165, 1.54) is 11.3 Å². The first-order chi connectivity index (χ1) is 16.2. The number of nitrogens with zero attached hydrogens (tertiary/aromatic N) is 3. The van der Waals surface area contributed by atoms with E-state index in [4.69, 9.17) is 9.72 Å². The highest BCUT2D eigenvalue weighted by atomic mass is 32.1. The average Bonchev–Trinajstić information content (AvgIpc) is 3.57. The van der Waals surface area contributed by atoms with Gasteiger partial charge in [-0.25, -0.2) is 4.98 Å². The number of thiazole rings is 1. The molecule has 9 heteroatoms. The third-order valence-electron chi connectivity index (χ3n) is 5.82. The quantitative estimate of drug-likeness (QED) is 0.394. The molecular formula is C24H23N5O2S2. The summed E-state index contributed by atoms with van der Waals surface area (Å²) in [6.07, 6.45) is 1.67. The molecule has 1 fully saturated rings. The molecule has 4 aromatic rings. The Kier molecular flexibility index (Phi) is 6.43. The van der Waals surface area contributed by atoms with E-state index in [0.717, 1.165) is 34.8 Å². The molecule has 168 valence electrons. The van der Waals surface area contributed by atoms with Gasteiger partial charge in [0, 0.05) is 47.4 Å². The molecule has 0 bridgehead atoms. The zero-order valence-corrected chi connectivity index (χ0v) is 19.5. The van der Waals surface area contributed by atoms with E-state index in [-0.39, 0.29) is 11.3 Å². The van der Waals surface area contributed by atoms with Crippen LogP contribution < -0.4 is 10.6 Å². The molecule has 1 amide bonds. The van der Waals surface area contributed by atoms with Crippen molar-refractivity contribution in [3.8, 4) is 11.3 Å². The Bertz CT molecular complexity index is 1190. The van der Waals surface area contributed by atoms with Crippen LogP contribution in [0.1, 0.15) is 28.2 Å². The number of benzene rings is 2. The first kappa shape index (κ1) is 21.7. The molecule has 0 atom stereocenters. The molecule has 5 rings (SSSR count). The first-order valence-corrected chi connectivity index (χ1v) is 12.5. The molecular weight excluding hydrogens is 454 g/mol. The lowest BCUT2D eigenvalue weighted by Gasteiger charge is -2.35. The Hall–Kier alpha value is -3.14. The van der Waals surface area contributed by atoms with Gasteiger partial charge < -0.3 is 15.4 Å². The number of carbonyl (C=O) groups is 1. The van der Waals surface area contributed by atoms with Crippen LogP contribution in [-0.2, 0) is 10.2 Å². The number of amides is 1. The fraction of sp³-hybridized carbons (Fsp3) is 0.250. The molecule has 33 heavy (non-hydrogen) atoms. The van der Waals surface area contributed by atoms with Crippen molar-refractivity contribution in [2.24, 2.45) is 0 Å². The van der Waals surface area contributed by atoms with Gasteiger partial charge in [0.2, 0.25) is 5.13 Å². The number of carbonyl (C=O) groups excluding carboxylic acids is 1. The Labute approximate surface area is 199 Å². The molecule has 1 aliphatic rings. The third-order valence-corrected chi connectivity index (χ3v) is 7.52. The first-order valence-electron chi connectivity index (χ1n) is 10.7. The summed E-state index contributed by atoms with van der Waals surface area (Å²) in [5.41, 5.74) is 5.01. The van der Waals surface area contributed by atoms with Crippen molar-refractivity contribution < 1.29 is 9.53 Å². The van der Waals surface area contributed by atoms with Crippen LogP contribution in [0.2, 0.25) is 0 Å². The number of rotatable bonds is 7. The van der Waals surface area contributed by atoms with Crippen LogP contribution in [0.5, 0.6) is 0 Å². The third kappa shape index (κ3) is 4.95. The zero-order chi connectivity index (χ0) is 22.5. The molecule has 0 aliphatic carbocycles. The van der Waals surface area contributed by atoms with Crippen molar-refractivity contribution in [1.82, 2.24) is 20.5 Å². The van der Waals surface area contributed by atoms with Crippen LogP contribution in [-0.4, -0.2) is 40.8 Å². The average molecular weight is 478 g/mol. The molecule has 0 radical (unpaired) electrons. The normalized spacial score (nSPS) is 15.2. The molecule has 2 N–H and O–H groups in total. The summed E-state index contributed by atoms with van der Waals surface area (Å²) in [6.45, 7) is 1.87. The van der Waals surface area contributed by atoms with Gasteiger partial charge in [-0.1, -0.05) is 41.7 Å². The molecule has 3 heterocycles. The predicted octanol–water partition coefficient (Wildman–Crippen LogP) is 4.88. The maximum absolute atomic E-state index is 12.9. The van der Waals surface area contributed by atoms with Gasteiger partial charge in [-0.2, -0.15) is 0 Å².